The van der Waals surface area contributed by atoms with Gasteiger partial charge in [0.2, 0.25) is 0 Å². The van der Waals surface area contributed by atoms with Crippen LogP contribution in [0.15, 0.2) is 17.4 Å². The van der Waals surface area contributed by atoms with Crippen LogP contribution in [0, 0.1) is 6.92 Å². The predicted molar refractivity (Wildman–Crippen MR) is 54.3 cm³/mol. The minimum atomic E-state index is 0.504. The Hall–Kier alpha value is -1.78. The van der Waals surface area contributed by atoms with Crippen molar-refractivity contribution in [2.45, 2.75) is 6.92 Å². The van der Waals surface area contributed by atoms with Crippen LogP contribution in [-0.2, 0) is 0 Å². The summed E-state index contributed by atoms with van der Waals surface area (Å²) >= 11 is 0. The van der Waals surface area contributed by atoms with Crippen LogP contribution in [-0.4, -0.2) is 23.0 Å². The van der Waals surface area contributed by atoms with Crippen molar-refractivity contribution in [1.29, 1.82) is 0 Å². The summed E-state index contributed by atoms with van der Waals surface area (Å²) in [6.45, 7) is 1.88. The van der Waals surface area contributed by atoms with Crippen LogP contribution in [0.3, 0.4) is 0 Å². The molecule has 0 aliphatic heterocycles. The average molecular weight is 179 g/mol. The van der Waals surface area contributed by atoms with E-state index in [0.29, 0.717) is 11.5 Å². The second kappa shape index (κ2) is 3.75. The Labute approximate surface area is 76.7 Å². The number of allylic oxidation sites excluding steroid dienone is 1. The van der Waals surface area contributed by atoms with Crippen molar-refractivity contribution < 1.29 is 0 Å². The van der Waals surface area contributed by atoms with E-state index in [1.807, 2.05) is 6.92 Å². The Morgan fingerprint density at radius 1 is 1.69 bits per heavy atom. The van der Waals surface area contributed by atoms with Crippen LogP contribution >= 0.6 is 0 Å². The fraction of sp³-hybridized carbons (Fsp3) is 0.250. The Bertz CT molecular complexity index is 328. The molecule has 5 heteroatoms. The molecule has 0 unspecified atom stereocenters. The summed E-state index contributed by atoms with van der Waals surface area (Å²) in [7, 11) is 1.67. The first-order valence-corrected chi connectivity index (χ1v) is 3.85. The maximum absolute atomic E-state index is 5.58. The molecule has 1 aromatic heterocycles. The second-order valence-corrected chi connectivity index (χ2v) is 2.62. The SMILES string of the molecule is CN=C/C(=C\N)n1cc(C)c(N)n1. The molecule has 0 spiro atoms. The molecular formula is C8H13N5. The summed E-state index contributed by atoms with van der Waals surface area (Å²) in [6.07, 6.45) is 4.85. The molecule has 0 radical (unpaired) electrons. The van der Waals surface area contributed by atoms with Crippen molar-refractivity contribution >= 4 is 17.7 Å². The lowest BCUT2D eigenvalue weighted by atomic mass is 10.4. The second-order valence-electron chi connectivity index (χ2n) is 2.62. The Morgan fingerprint density at radius 2 is 2.38 bits per heavy atom. The molecule has 0 saturated heterocycles. The first-order valence-electron chi connectivity index (χ1n) is 3.85. The number of aliphatic imine (C=N–C) groups is 1. The van der Waals surface area contributed by atoms with Crippen LogP contribution in [0.5, 0.6) is 0 Å². The van der Waals surface area contributed by atoms with Crippen LogP contribution in [0.4, 0.5) is 5.82 Å². The maximum atomic E-state index is 5.58. The lowest BCUT2D eigenvalue weighted by Crippen LogP contribution is -2.02. The van der Waals surface area contributed by atoms with Gasteiger partial charge in [-0.25, -0.2) is 4.68 Å². The predicted octanol–water partition coefficient (Wildman–Crippen LogP) is 0.231. The first-order chi connectivity index (χ1) is 6.19. The first kappa shape index (κ1) is 9.31. The summed E-state index contributed by atoms with van der Waals surface area (Å²) in [5, 5.41) is 4.05. The molecule has 0 atom stereocenters. The van der Waals surface area contributed by atoms with E-state index in [9.17, 15) is 0 Å². The third-order valence-electron chi connectivity index (χ3n) is 1.63. The fourth-order valence-electron chi connectivity index (χ4n) is 0.916. The minimum Gasteiger partial charge on any atom is -0.403 e. The highest BCUT2D eigenvalue weighted by Gasteiger charge is 2.02. The highest BCUT2D eigenvalue weighted by atomic mass is 15.3. The van der Waals surface area contributed by atoms with Gasteiger partial charge in [0.25, 0.3) is 0 Å². The normalized spacial score (nSPS) is 12.6. The molecule has 0 bridgehead atoms. The third kappa shape index (κ3) is 1.87. The third-order valence-corrected chi connectivity index (χ3v) is 1.63. The lowest BCUT2D eigenvalue weighted by molar-refractivity contribution is 0.922. The Kier molecular flexibility index (Phi) is 2.69. The molecule has 0 saturated carbocycles. The Balaban J connectivity index is 3.06. The summed E-state index contributed by atoms with van der Waals surface area (Å²) in [6, 6.07) is 0. The van der Waals surface area contributed by atoms with Gasteiger partial charge in [-0.1, -0.05) is 0 Å². The highest BCUT2D eigenvalue weighted by molar-refractivity contribution is 6.01. The van der Waals surface area contributed by atoms with Gasteiger partial charge in [-0.3, -0.25) is 4.99 Å². The maximum Gasteiger partial charge on any atom is 0.148 e. The molecule has 4 N–H and O–H groups in total. The number of nitrogens with two attached hydrogens (primary N) is 2. The number of rotatable bonds is 2. The summed E-state index contributed by atoms with van der Waals surface area (Å²) < 4.78 is 1.59. The molecular weight excluding hydrogens is 166 g/mol. The van der Waals surface area contributed by atoms with E-state index >= 15 is 0 Å². The van der Waals surface area contributed by atoms with Crippen molar-refractivity contribution in [3.05, 3.63) is 18.0 Å². The van der Waals surface area contributed by atoms with Crippen molar-refractivity contribution in [3.63, 3.8) is 0 Å². The molecule has 1 rings (SSSR count). The zero-order valence-corrected chi connectivity index (χ0v) is 7.73. The van der Waals surface area contributed by atoms with E-state index in [2.05, 4.69) is 10.1 Å². The molecule has 5 nitrogen and oxygen atoms in total. The van der Waals surface area contributed by atoms with Crippen LogP contribution in [0.25, 0.3) is 5.70 Å². The molecule has 0 amide bonds. The number of nitrogens with zero attached hydrogens (tertiary/aromatic N) is 3. The number of aryl methyl sites for hydroxylation is 1. The van der Waals surface area contributed by atoms with Gasteiger partial charge in [0, 0.05) is 31.2 Å². The topological polar surface area (TPSA) is 82.2 Å². The van der Waals surface area contributed by atoms with Crippen LogP contribution < -0.4 is 11.5 Å². The van der Waals surface area contributed by atoms with Gasteiger partial charge in [-0.05, 0) is 6.92 Å². The van der Waals surface area contributed by atoms with Gasteiger partial charge >= 0.3 is 0 Å². The van der Waals surface area contributed by atoms with E-state index in [1.54, 1.807) is 24.1 Å². The molecule has 0 aromatic carbocycles. The van der Waals surface area contributed by atoms with Gasteiger partial charge in [0.05, 0.1) is 5.70 Å². The van der Waals surface area contributed by atoms with E-state index in [4.69, 9.17) is 11.5 Å². The molecule has 13 heavy (non-hydrogen) atoms. The monoisotopic (exact) mass is 179 g/mol. The largest absolute Gasteiger partial charge is 0.403 e. The standard InChI is InChI=1S/C8H13N5/c1-6-5-13(12-8(6)10)7(3-9)4-11-2/h3-5H,9H2,1-2H3,(H2,10,12)/b7-3+,11-4?. The smallest absolute Gasteiger partial charge is 0.148 e. The van der Waals surface area contributed by atoms with E-state index in [-0.39, 0.29) is 0 Å². The highest BCUT2D eigenvalue weighted by Crippen LogP contribution is 2.09. The van der Waals surface area contributed by atoms with Gasteiger partial charge < -0.3 is 11.5 Å². The fourth-order valence-corrected chi connectivity index (χ4v) is 0.916. The van der Waals surface area contributed by atoms with Gasteiger partial charge in [0.15, 0.2) is 0 Å². The van der Waals surface area contributed by atoms with Crippen molar-refractivity contribution in [2.24, 2.45) is 10.7 Å². The molecule has 1 aromatic rings. The average Bonchev–Trinajstić information content (AvgIpc) is 2.43. The molecule has 70 valence electrons. The number of anilines is 1. The summed E-state index contributed by atoms with van der Waals surface area (Å²) in [5.41, 5.74) is 12.6. The number of nitrogen functional groups attached to an aromatic ring is 1. The van der Waals surface area contributed by atoms with Gasteiger partial charge in [-0.15, -0.1) is 0 Å². The van der Waals surface area contributed by atoms with E-state index < -0.39 is 0 Å². The molecule has 0 aliphatic carbocycles. The lowest BCUT2D eigenvalue weighted by Gasteiger charge is -1.98. The molecule has 0 fully saturated rings. The van der Waals surface area contributed by atoms with Crippen LogP contribution in [0.2, 0.25) is 0 Å². The molecule has 1 heterocycles. The van der Waals surface area contributed by atoms with Crippen molar-refractivity contribution in [1.82, 2.24) is 9.78 Å². The zero-order valence-electron chi connectivity index (χ0n) is 7.73. The van der Waals surface area contributed by atoms with Gasteiger partial charge in [-0.2, -0.15) is 5.10 Å². The quantitative estimate of drug-likeness (QED) is 0.637. The zero-order chi connectivity index (χ0) is 9.84. The van der Waals surface area contributed by atoms with E-state index in [0.717, 1.165) is 5.56 Å². The summed E-state index contributed by atoms with van der Waals surface area (Å²) in [4.78, 5) is 3.85. The number of aromatic nitrogens is 2. The number of hydrogen-bond acceptors (Lipinski definition) is 4. The van der Waals surface area contributed by atoms with Crippen LogP contribution in [0.1, 0.15) is 5.56 Å². The minimum absolute atomic E-state index is 0.504. The van der Waals surface area contributed by atoms with Crippen molar-refractivity contribution in [2.75, 3.05) is 12.8 Å². The summed E-state index contributed by atoms with van der Waals surface area (Å²) in [5.74, 6) is 0.504. The molecule has 0 aliphatic rings. The Morgan fingerprint density at radius 3 is 2.77 bits per heavy atom. The number of hydrogen-bond donors (Lipinski definition) is 2. The van der Waals surface area contributed by atoms with Gasteiger partial charge in [0.1, 0.15) is 5.82 Å². The van der Waals surface area contributed by atoms with E-state index in [1.165, 1.54) is 6.20 Å². The van der Waals surface area contributed by atoms with Crippen molar-refractivity contribution in [3.8, 4) is 0 Å².